The molecule has 3 rings (SSSR count). The number of nitrogens with one attached hydrogen (secondary N) is 1. The van der Waals surface area contributed by atoms with E-state index < -0.39 is 28.5 Å². The molecule has 0 saturated carbocycles. The number of rotatable bonds is 11. The smallest absolute Gasteiger partial charge is 0.264 e. The zero-order valence-electron chi connectivity index (χ0n) is 23.0. The first kappa shape index (κ1) is 30.2. The Bertz CT molecular complexity index is 1390. The standard InChI is InChI=1S/C30H36ClN3O4S/c1-6-28(30(36)32-21(2)3)33(19-24-12-10-11-15-27(24)31)29(35)20-34(25-17-22(4)16-23(5)18-25)39(37,38)26-13-8-7-9-14-26/h7-18,21,28H,6,19-20H2,1-5H3,(H,32,36)/t28-/m0/s1. The maximum atomic E-state index is 14.1. The molecule has 0 spiro atoms. The summed E-state index contributed by atoms with van der Waals surface area (Å²) in [5, 5.41) is 3.34. The molecule has 3 aromatic carbocycles. The van der Waals surface area contributed by atoms with E-state index in [2.05, 4.69) is 5.32 Å². The molecule has 0 aliphatic heterocycles. The van der Waals surface area contributed by atoms with Crippen molar-refractivity contribution in [2.24, 2.45) is 0 Å². The van der Waals surface area contributed by atoms with Crippen LogP contribution in [0.1, 0.15) is 43.9 Å². The van der Waals surface area contributed by atoms with E-state index in [1.54, 1.807) is 54.6 Å². The van der Waals surface area contributed by atoms with Crippen LogP contribution in [0.2, 0.25) is 5.02 Å². The fourth-order valence-electron chi connectivity index (χ4n) is 4.45. The molecule has 0 radical (unpaired) electrons. The number of benzene rings is 3. The zero-order valence-corrected chi connectivity index (χ0v) is 24.6. The van der Waals surface area contributed by atoms with Crippen LogP contribution in [-0.4, -0.2) is 43.8 Å². The molecule has 0 bridgehead atoms. The highest BCUT2D eigenvalue weighted by Gasteiger charge is 2.34. The summed E-state index contributed by atoms with van der Waals surface area (Å²) >= 11 is 6.43. The van der Waals surface area contributed by atoms with Crippen LogP contribution in [0.5, 0.6) is 0 Å². The van der Waals surface area contributed by atoms with E-state index in [-0.39, 0.29) is 23.4 Å². The van der Waals surface area contributed by atoms with Gasteiger partial charge >= 0.3 is 0 Å². The van der Waals surface area contributed by atoms with Gasteiger partial charge in [-0.2, -0.15) is 0 Å². The minimum atomic E-state index is -4.11. The van der Waals surface area contributed by atoms with E-state index in [1.165, 1.54) is 17.0 Å². The van der Waals surface area contributed by atoms with E-state index in [0.29, 0.717) is 22.7 Å². The van der Waals surface area contributed by atoms with Crippen LogP contribution in [0.3, 0.4) is 0 Å². The summed E-state index contributed by atoms with van der Waals surface area (Å²) in [5.74, 6) is -0.823. The van der Waals surface area contributed by atoms with Gasteiger partial charge in [-0.1, -0.05) is 61.0 Å². The van der Waals surface area contributed by atoms with E-state index in [9.17, 15) is 18.0 Å². The molecule has 0 aromatic heterocycles. The number of nitrogens with zero attached hydrogens (tertiary/aromatic N) is 2. The van der Waals surface area contributed by atoms with Crippen molar-refractivity contribution in [2.45, 2.75) is 64.6 Å². The third kappa shape index (κ3) is 7.61. The molecule has 3 aromatic rings. The molecule has 208 valence electrons. The van der Waals surface area contributed by atoms with Crippen molar-refractivity contribution in [3.05, 3.63) is 94.5 Å². The van der Waals surface area contributed by atoms with Gasteiger partial charge < -0.3 is 10.2 Å². The first-order chi connectivity index (χ1) is 18.4. The molecule has 0 aliphatic carbocycles. The summed E-state index contributed by atoms with van der Waals surface area (Å²) in [7, 11) is -4.11. The van der Waals surface area contributed by atoms with Gasteiger partial charge in [-0.05, 0) is 81.1 Å². The Morgan fingerprint density at radius 2 is 1.51 bits per heavy atom. The molecule has 39 heavy (non-hydrogen) atoms. The average Bonchev–Trinajstić information content (AvgIpc) is 2.87. The van der Waals surface area contributed by atoms with Crippen molar-refractivity contribution >= 4 is 39.1 Å². The molecule has 7 nitrogen and oxygen atoms in total. The Labute approximate surface area is 236 Å². The lowest BCUT2D eigenvalue weighted by molar-refractivity contribution is -0.140. The normalized spacial score (nSPS) is 12.2. The highest BCUT2D eigenvalue weighted by Crippen LogP contribution is 2.27. The molecule has 9 heteroatoms. The fraction of sp³-hybridized carbons (Fsp3) is 0.333. The van der Waals surface area contributed by atoms with Crippen molar-refractivity contribution in [3.63, 3.8) is 0 Å². The number of carbonyl (C=O) groups excluding carboxylic acids is 2. The van der Waals surface area contributed by atoms with Gasteiger partial charge in [-0.25, -0.2) is 8.42 Å². The number of aryl methyl sites for hydroxylation is 2. The lowest BCUT2D eigenvalue weighted by Crippen LogP contribution is -2.53. The van der Waals surface area contributed by atoms with Crippen LogP contribution < -0.4 is 9.62 Å². The summed E-state index contributed by atoms with van der Waals surface area (Å²) in [6.45, 7) is 8.82. The minimum absolute atomic E-state index is 0.0502. The number of amides is 2. The van der Waals surface area contributed by atoms with Crippen LogP contribution in [-0.2, 0) is 26.2 Å². The molecule has 1 N–H and O–H groups in total. The monoisotopic (exact) mass is 569 g/mol. The highest BCUT2D eigenvalue weighted by atomic mass is 35.5. The first-order valence-corrected chi connectivity index (χ1v) is 14.7. The Kier molecular flexibility index (Phi) is 10.2. The second-order valence-corrected chi connectivity index (χ2v) is 12.1. The van der Waals surface area contributed by atoms with Gasteiger partial charge in [-0.15, -0.1) is 0 Å². The van der Waals surface area contributed by atoms with Gasteiger partial charge in [0.25, 0.3) is 10.0 Å². The van der Waals surface area contributed by atoms with Crippen LogP contribution >= 0.6 is 11.6 Å². The lowest BCUT2D eigenvalue weighted by Gasteiger charge is -2.34. The van der Waals surface area contributed by atoms with Crippen molar-refractivity contribution in [3.8, 4) is 0 Å². The summed E-state index contributed by atoms with van der Waals surface area (Å²) in [6, 6.07) is 19.6. The third-order valence-corrected chi connectivity index (χ3v) is 8.38. The summed E-state index contributed by atoms with van der Waals surface area (Å²) in [4.78, 5) is 28.8. The fourth-order valence-corrected chi connectivity index (χ4v) is 6.07. The molecular formula is C30H36ClN3O4S. The summed E-state index contributed by atoms with van der Waals surface area (Å²) < 4.78 is 28.9. The predicted octanol–water partition coefficient (Wildman–Crippen LogP) is 5.48. The van der Waals surface area contributed by atoms with Gasteiger partial charge in [0.15, 0.2) is 0 Å². The minimum Gasteiger partial charge on any atom is -0.352 e. The van der Waals surface area contributed by atoms with E-state index in [0.717, 1.165) is 15.4 Å². The van der Waals surface area contributed by atoms with E-state index >= 15 is 0 Å². The summed E-state index contributed by atoms with van der Waals surface area (Å²) in [6.07, 6.45) is 0.337. The molecule has 0 saturated heterocycles. The molecule has 0 aliphatic rings. The van der Waals surface area contributed by atoms with Crippen LogP contribution in [0, 0.1) is 13.8 Å². The number of sulfonamides is 1. The average molecular weight is 570 g/mol. The largest absolute Gasteiger partial charge is 0.352 e. The molecule has 1 atom stereocenters. The van der Waals surface area contributed by atoms with Crippen LogP contribution in [0.4, 0.5) is 5.69 Å². The number of halogens is 1. The van der Waals surface area contributed by atoms with Crippen molar-refractivity contribution < 1.29 is 18.0 Å². The third-order valence-electron chi connectivity index (χ3n) is 6.22. The van der Waals surface area contributed by atoms with Crippen molar-refractivity contribution in [2.75, 3.05) is 10.8 Å². The van der Waals surface area contributed by atoms with Gasteiger partial charge in [0.1, 0.15) is 12.6 Å². The predicted molar refractivity (Wildman–Crippen MR) is 156 cm³/mol. The number of hydrogen-bond donors (Lipinski definition) is 1. The number of hydrogen-bond acceptors (Lipinski definition) is 4. The second kappa shape index (κ2) is 13.1. The second-order valence-electron chi connectivity index (χ2n) is 9.87. The first-order valence-electron chi connectivity index (χ1n) is 12.9. The Morgan fingerprint density at radius 1 is 0.923 bits per heavy atom. The van der Waals surface area contributed by atoms with Gasteiger partial charge in [0.05, 0.1) is 10.6 Å². The number of carbonyl (C=O) groups is 2. The maximum absolute atomic E-state index is 14.1. The van der Waals surface area contributed by atoms with Gasteiger partial charge in [0.2, 0.25) is 11.8 Å². The highest BCUT2D eigenvalue weighted by molar-refractivity contribution is 7.92. The van der Waals surface area contributed by atoms with Crippen molar-refractivity contribution in [1.82, 2.24) is 10.2 Å². The molecule has 0 fully saturated rings. The zero-order chi connectivity index (χ0) is 28.7. The van der Waals surface area contributed by atoms with Gasteiger partial charge in [0, 0.05) is 17.6 Å². The molecule has 0 heterocycles. The quantitative estimate of drug-likeness (QED) is 0.331. The maximum Gasteiger partial charge on any atom is 0.264 e. The molecular weight excluding hydrogens is 534 g/mol. The Balaban J connectivity index is 2.10. The summed E-state index contributed by atoms with van der Waals surface area (Å²) in [5.41, 5.74) is 2.76. The SMILES string of the molecule is CC[C@@H](C(=O)NC(C)C)N(Cc1ccccc1Cl)C(=O)CN(c1cc(C)cc(C)c1)S(=O)(=O)c1ccccc1. The lowest BCUT2D eigenvalue weighted by atomic mass is 10.1. The van der Waals surface area contributed by atoms with Gasteiger partial charge in [-0.3, -0.25) is 13.9 Å². The Hall–Kier alpha value is -3.36. The number of anilines is 1. The Morgan fingerprint density at radius 3 is 2.08 bits per heavy atom. The molecule has 2 amide bonds. The molecule has 0 unspecified atom stereocenters. The van der Waals surface area contributed by atoms with Crippen LogP contribution in [0.15, 0.2) is 77.7 Å². The van der Waals surface area contributed by atoms with E-state index in [4.69, 9.17) is 11.6 Å². The van der Waals surface area contributed by atoms with E-state index in [1.807, 2.05) is 40.7 Å². The topological polar surface area (TPSA) is 86.8 Å². The van der Waals surface area contributed by atoms with Crippen LogP contribution in [0.25, 0.3) is 0 Å². The van der Waals surface area contributed by atoms with Crippen molar-refractivity contribution in [1.29, 1.82) is 0 Å².